The van der Waals surface area contributed by atoms with Crippen LogP contribution in [0.25, 0.3) is 11.1 Å². The maximum absolute atomic E-state index is 12.1. The number of aryl methyl sites for hydroxylation is 1. The lowest BCUT2D eigenvalue weighted by molar-refractivity contribution is 0.101. The number of hydrogen-bond acceptors (Lipinski definition) is 3. The highest BCUT2D eigenvalue weighted by molar-refractivity contribution is 5.96. The first-order chi connectivity index (χ1) is 13.0. The number of nitrogens with two attached hydrogens (primary N) is 1. The highest BCUT2D eigenvalue weighted by Gasteiger charge is 2.47. The van der Waals surface area contributed by atoms with Crippen LogP contribution in [0.4, 0.5) is 0 Å². The molecule has 2 aromatic carbocycles. The molecule has 2 unspecified atom stereocenters. The normalized spacial score (nSPS) is 18.9. The van der Waals surface area contributed by atoms with Gasteiger partial charge in [0.05, 0.1) is 5.54 Å². The topological polar surface area (TPSA) is 55.1 Å². The molecule has 3 N–H and O–H groups in total. The Morgan fingerprint density at radius 1 is 1.07 bits per heavy atom. The second-order valence-electron chi connectivity index (χ2n) is 7.85. The molecule has 0 fully saturated rings. The fourth-order valence-electron chi connectivity index (χ4n) is 4.40. The van der Waals surface area contributed by atoms with Gasteiger partial charge in [0, 0.05) is 11.6 Å². The summed E-state index contributed by atoms with van der Waals surface area (Å²) in [7, 11) is 0. The first-order valence-corrected chi connectivity index (χ1v) is 10.2. The lowest BCUT2D eigenvalue weighted by atomic mass is 9.78. The minimum Gasteiger partial charge on any atom is -0.326 e. The zero-order valence-electron chi connectivity index (χ0n) is 17.1. The van der Waals surface area contributed by atoms with E-state index >= 15 is 0 Å². The zero-order chi connectivity index (χ0) is 19.6. The Balaban J connectivity index is 2.27. The predicted octanol–water partition coefficient (Wildman–Crippen LogP) is 4.94. The summed E-state index contributed by atoms with van der Waals surface area (Å²) in [4.78, 5) is 12.1. The zero-order valence-corrected chi connectivity index (χ0v) is 17.1. The predicted molar refractivity (Wildman–Crippen MR) is 113 cm³/mol. The third-order valence-electron chi connectivity index (χ3n) is 5.83. The number of hydrogen-bond donors (Lipinski definition) is 2. The molecule has 0 saturated heterocycles. The molecule has 1 aliphatic carbocycles. The number of ketones is 1. The van der Waals surface area contributed by atoms with Gasteiger partial charge in [0.2, 0.25) is 0 Å². The Morgan fingerprint density at radius 2 is 1.74 bits per heavy atom. The van der Waals surface area contributed by atoms with Gasteiger partial charge in [0.1, 0.15) is 0 Å². The second kappa shape index (κ2) is 7.95. The summed E-state index contributed by atoms with van der Waals surface area (Å²) in [6.07, 6.45) is 4.19. The third kappa shape index (κ3) is 3.35. The van der Waals surface area contributed by atoms with Crippen LogP contribution < -0.4 is 11.1 Å². The molecule has 0 bridgehead atoms. The largest absolute Gasteiger partial charge is 0.326 e. The van der Waals surface area contributed by atoms with E-state index in [9.17, 15) is 4.79 Å². The standard InChI is InChI=1S/C24H32N2O/c1-5-7-13-26-24(23(25)8-6-2)21-14-16(3)9-11-19(21)20-12-10-18(17(4)27)15-22(20)24/h9-12,14-15,23,26H,5-8,13,25H2,1-4H3. The third-order valence-corrected chi connectivity index (χ3v) is 5.83. The van der Waals surface area contributed by atoms with Crippen molar-refractivity contribution in [3.63, 3.8) is 0 Å². The molecule has 0 heterocycles. The summed E-state index contributed by atoms with van der Waals surface area (Å²) in [5.74, 6) is 0.0939. The van der Waals surface area contributed by atoms with Crippen molar-refractivity contribution in [3.8, 4) is 11.1 Å². The Labute approximate surface area is 163 Å². The summed E-state index contributed by atoms with van der Waals surface area (Å²) in [6.45, 7) is 9.05. The van der Waals surface area contributed by atoms with Crippen LogP contribution in [0.3, 0.4) is 0 Å². The van der Waals surface area contributed by atoms with E-state index in [1.165, 1.54) is 22.3 Å². The average molecular weight is 365 g/mol. The van der Waals surface area contributed by atoms with E-state index in [0.717, 1.165) is 43.4 Å². The molecule has 0 spiro atoms. The number of nitrogens with one attached hydrogen (secondary N) is 1. The Hall–Kier alpha value is -1.97. The van der Waals surface area contributed by atoms with E-state index in [2.05, 4.69) is 56.4 Å². The van der Waals surface area contributed by atoms with Gasteiger partial charge in [-0.3, -0.25) is 4.79 Å². The first kappa shape index (κ1) is 19.8. The summed E-state index contributed by atoms with van der Waals surface area (Å²) in [6, 6.07) is 12.7. The summed E-state index contributed by atoms with van der Waals surface area (Å²) in [5.41, 5.74) is 13.3. The van der Waals surface area contributed by atoms with Gasteiger partial charge in [-0.05, 0) is 61.6 Å². The quantitative estimate of drug-likeness (QED) is 0.515. The SMILES string of the molecule is CCCCNC1(C(N)CCC)c2cc(C)ccc2-c2ccc(C(C)=O)cc21. The van der Waals surface area contributed by atoms with Crippen LogP contribution in [0.5, 0.6) is 0 Å². The van der Waals surface area contributed by atoms with Crippen molar-refractivity contribution in [2.45, 2.75) is 65.0 Å². The molecule has 0 aliphatic heterocycles. The molecule has 27 heavy (non-hydrogen) atoms. The van der Waals surface area contributed by atoms with E-state index in [4.69, 9.17) is 5.73 Å². The van der Waals surface area contributed by atoms with Gasteiger partial charge in [-0.1, -0.05) is 62.6 Å². The van der Waals surface area contributed by atoms with Crippen molar-refractivity contribution in [2.75, 3.05) is 6.54 Å². The monoisotopic (exact) mass is 364 g/mol. The molecule has 0 aromatic heterocycles. The fraction of sp³-hybridized carbons (Fsp3) is 0.458. The molecule has 3 rings (SSSR count). The molecule has 0 radical (unpaired) electrons. The molecule has 0 saturated carbocycles. The van der Waals surface area contributed by atoms with Crippen LogP contribution in [0, 0.1) is 6.92 Å². The number of carbonyl (C=O) groups is 1. The minimum atomic E-state index is -0.437. The van der Waals surface area contributed by atoms with Crippen LogP contribution in [0.15, 0.2) is 36.4 Å². The molecule has 144 valence electrons. The van der Waals surface area contributed by atoms with Gasteiger partial charge < -0.3 is 11.1 Å². The second-order valence-corrected chi connectivity index (χ2v) is 7.85. The van der Waals surface area contributed by atoms with E-state index in [1.54, 1.807) is 6.92 Å². The Bertz CT molecular complexity index is 842. The minimum absolute atomic E-state index is 0.0524. The molecular formula is C24H32N2O. The van der Waals surface area contributed by atoms with Crippen LogP contribution >= 0.6 is 0 Å². The van der Waals surface area contributed by atoms with Crippen molar-refractivity contribution in [2.24, 2.45) is 5.73 Å². The van der Waals surface area contributed by atoms with Crippen molar-refractivity contribution in [3.05, 3.63) is 58.7 Å². The summed E-state index contributed by atoms with van der Waals surface area (Å²) >= 11 is 0. The van der Waals surface area contributed by atoms with Gasteiger partial charge in [-0.15, -0.1) is 0 Å². The van der Waals surface area contributed by atoms with Crippen LogP contribution in [0.2, 0.25) is 0 Å². The van der Waals surface area contributed by atoms with Crippen LogP contribution in [-0.4, -0.2) is 18.4 Å². The highest BCUT2D eigenvalue weighted by Crippen LogP contribution is 2.50. The van der Waals surface area contributed by atoms with Crippen LogP contribution in [0.1, 0.15) is 73.5 Å². The number of unbranched alkanes of at least 4 members (excludes halogenated alkanes) is 1. The fourth-order valence-corrected chi connectivity index (χ4v) is 4.40. The number of fused-ring (bicyclic) bond motifs is 3. The van der Waals surface area contributed by atoms with Crippen molar-refractivity contribution < 1.29 is 4.79 Å². The lowest BCUT2D eigenvalue weighted by Gasteiger charge is -2.39. The van der Waals surface area contributed by atoms with Gasteiger partial charge in [-0.2, -0.15) is 0 Å². The lowest BCUT2D eigenvalue weighted by Crippen LogP contribution is -2.55. The van der Waals surface area contributed by atoms with Crippen molar-refractivity contribution >= 4 is 5.78 Å². The molecule has 2 aromatic rings. The Morgan fingerprint density at radius 3 is 2.37 bits per heavy atom. The number of Topliss-reactive ketones (excluding diaryl/α,β-unsaturated/α-hetero) is 1. The van der Waals surface area contributed by atoms with E-state index in [0.29, 0.717) is 0 Å². The highest BCUT2D eigenvalue weighted by atomic mass is 16.1. The number of carbonyl (C=O) groups excluding carboxylic acids is 1. The van der Waals surface area contributed by atoms with Gasteiger partial charge >= 0.3 is 0 Å². The van der Waals surface area contributed by atoms with Crippen LogP contribution in [-0.2, 0) is 5.54 Å². The molecule has 2 atom stereocenters. The van der Waals surface area contributed by atoms with Crippen molar-refractivity contribution in [1.82, 2.24) is 5.32 Å². The van der Waals surface area contributed by atoms with Gasteiger partial charge in [-0.25, -0.2) is 0 Å². The Kier molecular flexibility index (Phi) is 5.83. The average Bonchev–Trinajstić information content (AvgIpc) is 2.92. The molecular weight excluding hydrogens is 332 g/mol. The van der Waals surface area contributed by atoms with E-state index < -0.39 is 5.54 Å². The van der Waals surface area contributed by atoms with Gasteiger partial charge in [0.25, 0.3) is 0 Å². The maximum Gasteiger partial charge on any atom is 0.159 e. The first-order valence-electron chi connectivity index (χ1n) is 10.2. The number of benzene rings is 2. The molecule has 3 heteroatoms. The van der Waals surface area contributed by atoms with E-state index in [-0.39, 0.29) is 11.8 Å². The molecule has 1 aliphatic rings. The maximum atomic E-state index is 12.1. The summed E-state index contributed by atoms with van der Waals surface area (Å²) in [5, 5.41) is 3.85. The smallest absolute Gasteiger partial charge is 0.159 e. The van der Waals surface area contributed by atoms with E-state index in [1.807, 2.05) is 6.07 Å². The van der Waals surface area contributed by atoms with Gasteiger partial charge in [0.15, 0.2) is 5.78 Å². The number of rotatable bonds is 8. The summed E-state index contributed by atoms with van der Waals surface area (Å²) < 4.78 is 0. The molecule has 3 nitrogen and oxygen atoms in total. The molecule has 0 amide bonds. The van der Waals surface area contributed by atoms with Crippen molar-refractivity contribution in [1.29, 1.82) is 0 Å².